The maximum Gasteiger partial charge on any atom is 0.295 e. The Morgan fingerprint density at radius 1 is 0.431 bits per heavy atom. The standard InChI is InChI=1S/2C24H24N12O3.C23H22N12O3/c2*1-14-4-5-18(25-10-14)36-24(29-31-32-36)34-8-6-33(7-9-34)23(38)21(37)16-11-26-20-19(16)17(39-3)12-27-22(20)35-13-28-15(2)30-35;1-14-27-13-34(29-14)21-19-18(16(38-2)12-26-21)15(11-25-19)20(36)22(37)32-7-9-33(10-8-32)23-28-30-31-35(23)17-5-3-4-6-24-17/h2*4-5,10-13,26H,6-9H2,1-3H3;3-6,11-13,25H,7-10H2,1-2H3/i2D3,4D,5D,6D2,7D2,8D2,9D2,10D,13D;2D3,4D,5D,10D,13D;1D3,7D2,8D2,9D2,10D2,13D. The van der Waals surface area contributed by atoms with Gasteiger partial charge in [-0.2, -0.15) is 29.3 Å². The number of H-pyrrole nitrogens is 3. The number of amides is 3. The van der Waals surface area contributed by atoms with Gasteiger partial charge in [0.15, 0.2) is 34.9 Å². The second kappa shape index (κ2) is 31.6. The lowest BCUT2D eigenvalue weighted by atomic mass is 10.1. The number of aromatic amines is 3. The van der Waals surface area contributed by atoms with Crippen molar-refractivity contribution in [1.29, 1.82) is 0 Å². The number of hydrogen-bond acceptors (Lipinski definition) is 33. The summed E-state index contributed by atoms with van der Waals surface area (Å²) < 4.78 is 302. The van der Waals surface area contributed by atoms with E-state index in [9.17, 15) is 28.8 Å². The zero-order valence-electron chi connectivity index (χ0n) is 93.5. The molecule has 0 spiro atoms. The van der Waals surface area contributed by atoms with Crippen molar-refractivity contribution in [1.82, 2.24) is 164 Å². The van der Waals surface area contributed by atoms with Crippen LogP contribution in [0.3, 0.4) is 0 Å². The molecule has 15 aromatic heterocycles. The number of rotatable bonds is 18. The van der Waals surface area contributed by atoms with Crippen molar-refractivity contribution in [2.24, 2.45) is 0 Å². The Bertz CT molecular complexity index is 7920. The lowest BCUT2D eigenvalue weighted by Gasteiger charge is -2.34. The van der Waals surface area contributed by atoms with Crippen LogP contribution in [0.15, 0.2) is 117 Å². The maximum absolute atomic E-state index is 14.0. The van der Waals surface area contributed by atoms with Gasteiger partial charge in [-0.15, -0.1) is 0 Å². The molecule has 3 amide bonds. The minimum absolute atomic E-state index is 0.000310. The van der Waals surface area contributed by atoms with Crippen molar-refractivity contribution >= 4 is 85.6 Å². The van der Waals surface area contributed by atoms with Crippen molar-refractivity contribution in [2.75, 3.05) is 114 Å². The van der Waals surface area contributed by atoms with E-state index in [0.717, 1.165) is 45.9 Å². The van der Waals surface area contributed by atoms with E-state index in [4.69, 9.17) is 60.8 Å². The fourth-order valence-electron chi connectivity index (χ4n) is 11.3. The van der Waals surface area contributed by atoms with Crippen LogP contribution in [0.4, 0.5) is 17.8 Å². The molecule has 15 aromatic rings. The van der Waals surface area contributed by atoms with Gasteiger partial charge in [-0.1, -0.05) is 33.4 Å². The number of aromatic nitrogens is 30. The Morgan fingerprint density at radius 3 is 1.16 bits per heavy atom. The topological polar surface area (TPSA) is 497 Å². The van der Waals surface area contributed by atoms with Gasteiger partial charge in [-0.3, -0.25) is 28.8 Å². The van der Waals surface area contributed by atoms with Crippen LogP contribution in [0.5, 0.6) is 17.2 Å². The number of ketones is 3. The van der Waals surface area contributed by atoms with Crippen molar-refractivity contribution < 1.29 is 89.6 Å². The Labute approximate surface area is 702 Å². The number of Topliss-reactive ketones (excluding diaryl/α,β-unsaturated/α-hetero) is 3. The largest absolute Gasteiger partial charge is 0.494 e. The first-order valence-electron chi connectivity index (χ1n) is 49.9. The summed E-state index contributed by atoms with van der Waals surface area (Å²) in [5, 5.41) is 43.9. The first-order valence-corrected chi connectivity index (χ1v) is 32.9. The van der Waals surface area contributed by atoms with Crippen molar-refractivity contribution in [3.8, 4) is 52.2 Å². The number of carbonyl (C=O) groups is 6. The molecule has 3 aliphatic rings. The zero-order chi connectivity index (χ0) is 110. The Balaban J connectivity index is 0.000000161. The first-order chi connectivity index (χ1) is 69.8. The highest BCUT2D eigenvalue weighted by Crippen LogP contribution is 2.36. The zero-order valence-corrected chi connectivity index (χ0v) is 59.5. The van der Waals surface area contributed by atoms with Crippen LogP contribution in [-0.4, -0.2) is 299 Å². The van der Waals surface area contributed by atoms with Crippen LogP contribution in [-0.2, 0) is 14.4 Å². The van der Waals surface area contributed by atoms with Crippen LogP contribution >= 0.6 is 0 Å². The van der Waals surface area contributed by atoms with Crippen molar-refractivity contribution in [3.05, 3.63) is 162 Å². The first kappa shape index (κ1) is 44.4. The Kier molecular flexibility index (Phi) is 12.1. The van der Waals surface area contributed by atoms with E-state index < -0.39 is 201 Å². The number of hydrogen-bond donors (Lipinski definition) is 3. The third-order valence-corrected chi connectivity index (χ3v) is 16.6. The SMILES string of the molecule is [2H]c1nc(-n2nnnc2N2C([2H])([2H])C([2H])([2H])N(C(=O)C(=O)c3c[nH]c4c(-n5nc(C([2H])([2H])[2H])nc5[2H])ncc(OC)c34)C([2H])([2H])C2([2H])[2H])c([2H])c([2H])c1C.[2H]c1nc(-n2nnnc2N2CCN(C(=O)C(=O)c3c[nH]c4c(-n5nc(C([2H])([2H])[2H])nc5[2H])ncc(OC)c34)CC2)c([2H])c([2H])c1C.[2H]c1nc(C([2H])([2H])[2H])nn1-c1ncc(OC)c2c(C(=O)C(=O)N3C([2H])([2H])C([2H])([2H])N(c4nnnn4-c4ccccn4)C([2H])([2H])C3([2H])[2H])c[nH]c12. The summed E-state index contributed by atoms with van der Waals surface area (Å²) in [7, 11) is 3.68. The number of methoxy groups -OCH3 is 3. The number of nitrogens with one attached hydrogen (secondary N) is 3. The van der Waals surface area contributed by atoms with Gasteiger partial charge >= 0.3 is 0 Å². The highest BCUT2D eigenvalue weighted by Gasteiger charge is 2.36. The number of pyridine rings is 6. The molecule has 0 unspecified atom stereocenters. The Hall–Kier alpha value is -15.6. The summed E-state index contributed by atoms with van der Waals surface area (Å²) in [6.07, 6.45) is 5.24. The summed E-state index contributed by atoms with van der Waals surface area (Å²) in [6.45, 7) is -35.2. The molecule has 0 atom stereocenters. The van der Waals surface area contributed by atoms with Gasteiger partial charge in [0, 0.05) is 128 Å². The van der Waals surface area contributed by atoms with Gasteiger partial charge in [0.1, 0.15) is 57.7 Å². The molecule has 0 radical (unpaired) electrons. The molecule has 45 nitrogen and oxygen atoms in total. The van der Waals surface area contributed by atoms with Gasteiger partial charge in [-0.25, -0.2) is 58.9 Å². The number of fused-ring (bicyclic) bond motifs is 3. The third kappa shape index (κ3) is 14.3. The lowest BCUT2D eigenvalue weighted by Crippen LogP contribution is -2.51. The summed E-state index contributed by atoms with van der Waals surface area (Å²) >= 11 is 0. The molecule has 3 aliphatic heterocycles. The number of aryl methyl sites for hydroxylation is 3. The quantitative estimate of drug-likeness (QED) is 0.0813. The van der Waals surface area contributed by atoms with Crippen LogP contribution in [0, 0.1) is 34.4 Å². The van der Waals surface area contributed by atoms with E-state index in [-0.39, 0.29) is 156 Å². The number of anilines is 3. The molecule has 588 valence electrons. The Morgan fingerprint density at radius 2 is 0.802 bits per heavy atom. The molecule has 3 fully saturated rings. The molecule has 18 rings (SSSR count). The fraction of sp³-hybridized carbons (Fsp3) is 0.282. The van der Waals surface area contributed by atoms with Gasteiger partial charge in [0.25, 0.3) is 52.9 Å². The molecule has 45 heteroatoms. The smallest absolute Gasteiger partial charge is 0.295 e. The van der Waals surface area contributed by atoms with E-state index in [2.05, 4.69) is 122 Å². The van der Waals surface area contributed by atoms with E-state index >= 15 is 0 Å². The number of nitrogens with zero attached hydrogens (tertiary/aromatic N) is 33. The van der Waals surface area contributed by atoms with E-state index in [1.165, 1.54) is 74.4 Å². The number of tetrazole rings is 3. The van der Waals surface area contributed by atoms with E-state index in [1.54, 1.807) is 4.90 Å². The molecule has 0 aromatic carbocycles. The molecular weight excluding hydrogens is 1500 g/mol. The summed E-state index contributed by atoms with van der Waals surface area (Å²) in [5.74, 6) is -14.3. The van der Waals surface area contributed by atoms with Gasteiger partial charge in [-0.05, 0) is 101 Å². The second-order valence-corrected chi connectivity index (χ2v) is 23.5. The molecular formula is C71H70N36O9. The van der Waals surface area contributed by atoms with Crippen LogP contribution in [0.1, 0.15) is 106 Å². The third-order valence-electron chi connectivity index (χ3n) is 16.6. The molecule has 116 heavy (non-hydrogen) atoms. The monoisotopic (exact) mass is 1600 g/mol. The summed E-state index contributed by atoms with van der Waals surface area (Å²) in [5.41, 5.74) is -1.17. The molecule has 3 N–H and O–H groups in total. The lowest BCUT2D eigenvalue weighted by molar-refractivity contribution is -0.127. The van der Waals surface area contributed by atoms with Crippen LogP contribution < -0.4 is 28.9 Å². The molecule has 0 saturated carbocycles. The molecule has 0 aliphatic carbocycles. The number of carbonyl (C=O) groups excluding carboxylic acids is 6. The molecule has 3 saturated heterocycles. The van der Waals surface area contributed by atoms with E-state index in [0.29, 0.717) is 9.36 Å². The minimum Gasteiger partial charge on any atom is -0.494 e. The van der Waals surface area contributed by atoms with Gasteiger partial charge in [0.05, 0.1) is 119 Å². The predicted molar refractivity (Wildman–Crippen MR) is 407 cm³/mol. The second-order valence-electron chi connectivity index (χ2n) is 23.5. The summed E-state index contributed by atoms with van der Waals surface area (Å²) in [4.78, 5) is 128. The number of piperazine rings is 3. The maximum atomic E-state index is 14.0. The summed E-state index contributed by atoms with van der Waals surface area (Å²) in [6, 6.07) is 2.78. The predicted octanol–water partition coefficient (Wildman–Crippen LogP) is 1.71. The van der Waals surface area contributed by atoms with Crippen LogP contribution in [0.2, 0.25) is 0 Å². The van der Waals surface area contributed by atoms with Crippen molar-refractivity contribution in [2.45, 2.75) is 34.4 Å². The fourth-order valence-corrected chi connectivity index (χ4v) is 11.3. The van der Waals surface area contributed by atoms with Gasteiger partial charge in [0.2, 0.25) is 0 Å². The highest BCUT2D eigenvalue weighted by atomic mass is 16.5. The van der Waals surface area contributed by atoms with Gasteiger partial charge < -0.3 is 58.6 Å². The van der Waals surface area contributed by atoms with E-state index in [1.807, 2.05) is 0 Å². The highest BCUT2D eigenvalue weighted by molar-refractivity contribution is 6.46. The number of ether oxygens (including phenoxy) is 3. The average Bonchev–Trinajstić information content (AvgIpc) is 0.872. The van der Waals surface area contributed by atoms with Crippen molar-refractivity contribution in [3.63, 3.8) is 0 Å². The normalized spacial score (nSPS) is 21.8. The van der Waals surface area contributed by atoms with Crippen LogP contribution in [0.25, 0.3) is 67.6 Å². The average molecular weight is 1610 g/mol. The minimum atomic E-state index is -3.94. The molecule has 0 bridgehead atoms. The molecule has 18 heterocycles.